The first kappa shape index (κ1) is 19.5. The molecular weight excluding hydrogens is 342 g/mol. The molecule has 3 rings (SSSR count). The van der Waals surface area contributed by atoms with Crippen molar-refractivity contribution in [2.45, 2.75) is 50.6 Å². The molecule has 2 heterocycles. The van der Waals surface area contributed by atoms with Crippen LogP contribution in [0.15, 0.2) is 24.3 Å². The SMILES string of the molecule is Cl.NC(=O)CCOc1ccccc1NC(=O)CC1CC2CCC(C1)N2. The third kappa shape index (κ3) is 5.61. The zero-order chi connectivity index (χ0) is 16.9. The van der Waals surface area contributed by atoms with Crippen molar-refractivity contribution in [3.8, 4) is 5.75 Å². The minimum atomic E-state index is -0.406. The van der Waals surface area contributed by atoms with Gasteiger partial charge in [-0.15, -0.1) is 12.4 Å². The lowest BCUT2D eigenvalue weighted by molar-refractivity contribution is -0.119. The number of carbonyl (C=O) groups excluding carboxylic acids is 2. The van der Waals surface area contributed by atoms with Gasteiger partial charge in [0.2, 0.25) is 11.8 Å². The summed E-state index contributed by atoms with van der Waals surface area (Å²) >= 11 is 0. The fourth-order valence-electron chi connectivity index (χ4n) is 3.76. The molecule has 0 aliphatic carbocycles. The van der Waals surface area contributed by atoms with E-state index < -0.39 is 5.91 Å². The Kier molecular flexibility index (Phi) is 7.08. The molecule has 2 atom stereocenters. The van der Waals surface area contributed by atoms with Crippen molar-refractivity contribution in [3.05, 3.63) is 24.3 Å². The molecular formula is C18H26ClN3O3. The van der Waals surface area contributed by atoms with E-state index in [2.05, 4.69) is 10.6 Å². The summed E-state index contributed by atoms with van der Waals surface area (Å²) in [4.78, 5) is 23.2. The van der Waals surface area contributed by atoms with Crippen molar-refractivity contribution < 1.29 is 14.3 Å². The van der Waals surface area contributed by atoms with Crippen molar-refractivity contribution in [1.82, 2.24) is 5.32 Å². The van der Waals surface area contributed by atoms with E-state index in [0.29, 0.717) is 35.9 Å². The summed E-state index contributed by atoms with van der Waals surface area (Å²) in [5.74, 6) is 0.633. The number of rotatable bonds is 7. The molecule has 2 saturated heterocycles. The van der Waals surface area contributed by atoms with E-state index in [0.717, 1.165) is 12.8 Å². The van der Waals surface area contributed by atoms with E-state index in [9.17, 15) is 9.59 Å². The Balaban J connectivity index is 0.00000225. The number of anilines is 1. The average molecular weight is 368 g/mol. The summed E-state index contributed by atoms with van der Waals surface area (Å²) in [6.45, 7) is 0.208. The molecule has 2 bridgehead atoms. The number of para-hydroxylation sites is 2. The number of ether oxygens (including phenoxy) is 1. The molecule has 0 radical (unpaired) electrons. The molecule has 2 fully saturated rings. The lowest BCUT2D eigenvalue weighted by Gasteiger charge is -2.28. The number of halogens is 1. The van der Waals surface area contributed by atoms with Crippen LogP contribution in [0.1, 0.15) is 38.5 Å². The molecule has 7 heteroatoms. The number of nitrogens with one attached hydrogen (secondary N) is 2. The molecule has 138 valence electrons. The van der Waals surface area contributed by atoms with Crippen molar-refractivity contribution in [2.24, 2.45) is 11.7 Å². The number of nitrogens with two attached hydrogens (primary N) is 1. The van der Waals surface area contributed by atoms with Gasteiger partial charge in [-0.1, -0.05) is 12.1 Å². The number of hydrogen-bond donors (Lipinski definition) is 3. The van der Waals surface area contributed by atoms with Crippen molar-refractivity contribution in [1.29, 1.82) is 0 Å². The number of carbonyl (C=O) groups is 2. The third-order valence-electron chi connectivity index (χ3n) is 4.81. The smallest absolute Gasteiger partial charge is 0.224 e. The summed E-state index contributed by atoms with van der Waals surface area (Å²) in [6, 6.07) is 8.45. The predicted molar refractivity (Wildman–Crippen MR) is 98.9 cm³/mol. The lowest BCUT2D eigenvalue weighted by atomic mass is 9.89. The van der Waals surface area contributed by atoms with Crippen molar-refractivity contribution in [3.63, 3.8) is 0 Å². The maximum Gasteiger partial charge on any atom is 0.224 e. The van der Waals surface area contributed by atoms with Crippen LogP contribution < -0.4 is 21.1 Å². The topological polar surface area (TPSA) is 93.5 Å². The highest BCUT2D eigenvalue weighted by Crippen LogP contribution is 2.33. The molecule has 2 aliphatic heterocycles. The number of fused-ring (bicyclic) bond motifs is 2. The molecule has 0 aromatic heterocycles. The van der Waals surface area contributed by atoms with Crippen LogP contribution in [0.25, 0.3) is 0 Å². The second-order valence-corrected chi connectivity index (χ2v) is 6.79. The Morgan fingerprint density at radius 1 is 1.20 bits per heavy atom. The molecule has 0 spiro atoms. The zero-order valence-electron chi connectivity index (χ0n) is 14.2. The Hall–Kier alpha value is -1.79. The molecule has 2 amide bonds. The molecule has 1 aromatic rings. The van der Waals surface area contributed by atoms with Gasteiger partial charge in [0, 0.05) is 18.5 Å². The fourth-order valence-corrected chi connectivity index (χ4v) is 3.76. The summed E-state index contributed by atoms with van der Waals surface area (Å²) < 4.78 is 5.56. The van der Waals surface area contributed by atoms with E-state index in [-0.39, 0.29) is 31.3 Å². The Morgan fingerprint density at radius 2 is 1.88 bits per heavy atom. The summed E-state index contributed by atoms with van der Waals surface area (Å²) in [7, 11) is 0. The average Bonchev–Trinajstić information content (AvgIpc) is 2.87. The Labute approximate surface area is 154 Å². The van der Waals surface area contributed by atoms with Gasteiger partial charge >= 0.3 is 0 Å². The number of amides is 2. The van der Waals surface area contributed by atoms with E-state index in [1.807, 2.05) is 18.2 Å². The van der Waals surface area contributed by atoms with Gasteiger partial charge < -0.3 is 21.1 Å². The maximum absolute atomic E-state index is 12.4. The monoisotopic (exact) mass is 367 g/mol. The van der Waals surface area contributed by atoms with Gasteiger partial charge in [0.05, 0.1) is 18.7 Å². The summed E-state index contributed by atoms with van der Waals surface area (Å²) in [6.07, 6.45) is 5.34. The minimum absolute atomic E-state index is 0. The Morgan fingerprint density at radius 3 is 2.56 bits per heavy atom. The first-order chi connectivity index (χ1) is 11.6. The van der Waals surface area contributed by atoms with Gasteiger partial charge in [-0.3, -0.25) is 9.59 Å². The van der Waals surface area contributed by atoms with Crippen LogP contribution in [0.2, 0.25) is 0 Å². The number of primary amides is 1. The molecule has 25 heavy (non-hydrogen) atoms. The normalized spacial score (nSPS) is 24.2. The van der Waals surface area contributed by atoms with Gasteiger partial charge in [-0.2, -0.15) is 0 Å². The highest BCUT2D eigenvalue weighted by molar-refractivity contribution is 5.92. The lowest BCUT2D eigenvalue weighted by Crippen LogP contribution is -2.39. The van der Waals surface area contributed by atoms with Crippen LogP contribution in [0.4, 0.5) is 5.69 Å². The van der Waals surface area contributed by atoms with Crippen LogP contribution in [0.3, 0.4) is 0 Å². The highest BCUT2D eigenvalue weighted by atomic mass is 35.5. The minimum Gasteiger partial charge on any atom is -0.491 e. The number of benzene rings is 1. The van der Waals surface area contributed by atoms with Crippen molar-refractivity contribution in [2.75, 3.05) is 11.9 Å². The van der Waals surface area contributed by atoms with Gasteiger partial charge in [-0.25, -0.2) is 0 Å². The van der Waals surface area contributed by atoms with E-state index in [1.54, 1.807) is 6.07 Å². The molecule has 6 nitrogen and oxygen atoms in total. The second-order valence-electron chi connectivity index (χ2n) is 6.79. The van der Waals surface area contributed by atoms with Crippen LogP contribution >= 0.6 is 12.4 Å². The van der Waals surface area contributed by atoms with Crippen LogP contribution in [-0.2, 0) is 9.59 Å². The van der Waals surface area contributed by atoms with E-state index in [1.165, 1.54) is 12.8 Å². The highest BCUT2D eigenvalue weighted by Gasteiger charge is 2.34. The molecule has 1 aromatic carbocycles. The Bertz CT molecular complexity index is 599. The van der Waals surface area contributed by atoms with Crippen LogP contribution in [0, 0.1) is 5.92 Å². The van der Waals surface area contributed by atoms with Gasteiger partial charge in [0.25, 0.3) is 0 Å². The first-order valence-corrected chi connectivity index (χ1v) is 8.66. The van der Waals surface area contributed by atoms with Crippen molar-refractivity contribution >= 4 is 29.9 Å². The largest absolute Gasteiger partial charge is 0.491 e. The first-order valence-electron chi connectivity index (χ1n) is 8.66. The number of piperidine rings is 1. The predicted octanol–water partition coefficient (Wildman–Crippen LogP) is 2.22. The molecule has 2 unspecified atom stereocenters. The maximum atomic E-state index is 12.4. The van der Waals surface area contributed by atoms with E-state index >= 15 is 0 Å². The van der Waals surface area contributed by atoms with Gasteiger partial charge in [0.15, 0.2) is 0 Å². The van der Waals surface area contributed by atoms with Crippen LogP contribution in [0.5, 0.6) is 5.75 Å². The van der Waals surface area contributed by atoms with E-state index in [4.69, 9.17) is 10.5 Å². The van der Waals surface area contributed by atoms with Gasteiger partial charge in [-0.05, 0) is 43.7 Å². The summed E-state index contributed by atoms with van der Waals surface area (Å²) in [5, 5.41) is 6.54. The number of hydrogen-bond acceptors (Lipinski definition) is 4. The molecule has 2 aliphatic rings. The third-order valence-corrected chi connectivity index (χ3v) is 4.81. The van der Waals surface area contributed by atoms with Gasteiger partial charge in [0.1, 0.15) is 5.75 Å². The van der Waals surface area contributed by atoms with Crippen LogP contribution in [-0.4, -0.2) is 30.5 Å². The molecule has 4 N–H and O–H groups in total. The standard InChI is InChI=1S/C18H25N3O3.ClH/c19-17(22)7-8-24-16-4-2-1-3-15(16)21-18(23)11-12-9-13-5-6-14(10-12)20-13;/h1-4,12-14,20H,5-11H2,(H2,19,22)(H,21,23);1H. The zero-order valence-corrected chi connectivity index (χ0v) is 15.0. The summed E-state index contributed by atoms with van der Waals surface area (Å²) in [5.41, 5.74) is 5.76. The molecule has 0 saturated carbocycles. The second kappa shape index (κ2) is 9.06. The quantitative estimate of drug-likeness (QED) is 0.688. The fraction of sp³-hybridized carbons (Fsp3) is 0.556.